The van der Waals surface area contributed by atoms with Gasteiger partial charge in [0.25, 0.3) is 5.91 Å². The van der Waals surface area contributed by atoms with Crippen LogP contribution in [0.5, 0.6) is 0 Å². The van der Waals surface area contributed by atoms with Gasteiger partial charge < -0.3 is 9.80 Å². The van der Waals surface area contributed by atoms with Gasteiger partial charge in [-0.05, 0) is 49.2 Å². The van der Waals surface area contributed by atoms with Gasteiger partial charge >= 0.3 is 0 Å². The highest BCUT2D eigenvalue weighted by Gasteiger charge is 2.24. The van der Waals surface area contributed by atoms with E-state index in [9.17, 15) is 4.79 Å². The van der Waals surface area contributed by atoms with Crippen molar-refractivity contribution in [2.24, 2.45) is 0 Å². The summed E-state index contributed by atoms with van der Waals surface area (Å²) in [5.74, 6) is -0.0303. The zero-order valence-corrected chi connectivity index (χ0v) is 15.4. The monoisotopic (exact) mass is 362 g/mol. The smallest absolute Gasteiger partial charge is 0.255 e. The van der Waals surface area contributed by atoms with Crippen LogP contribution in [0, 0.1) is 13.8 Å². The molecule has 3 rings (SSSR count). The molecule has 0 saturated carbocycles. The number of piperazine rings is 1. The first kappa shape index (κ1) is 17.1. The first-order valence-electron chi connectivity index (χ1n) is 8.03. The molecular formula is C19H20Cl2N2O. The Labute approximate surface area is 152 Å². The normalized spacial score (nSPS) is 14.8. The van der Waals surface area contributed by atoms with Crippen LogP contribution in [-0.2, 0) is 0 Å². The molecule has 0 N–H and O–H groups in total. The maximum absolute atomic E-state index is 12.7. The van der Waals surface area contributed by atoms with Crippen molar-refractivity contribution in [1.29, 1.82) is 0 Å². The second kappa shape index (κ2) is 7.04. The Morgan fingerprint density at radius 3 is 2.38 bits per heavy atom. The number of hydrogen-bond donors (Lipinski definition) is 0. The predicted molar refractivity (Wildman–Crippen MR) is 100 cm³/mol. The third-order valence-corrected chi connectivity index (χ3v) is 5.19. The van der Waals surface area contributed by atoms with Crippen LogP contribution in [0.4, 0.5) is 5.69 Å². The zero-order chi connectivity index (χ0) is 17.3. The lowest BCUT2D eigenvalue weighted by Gasteiger charge is -2.37. The zero-order valence-electron chi connectivity index (χ0n) is 13.9. The summed E-state index contributed by atoms with van der Waals surface area (Å²) in [5.41, 5.74) is 4.37. The Morgan fingerprint density at radius 1 is 1.00 bits per heavy atom. The molecule has 2 aromatic carbocycles. The summed E-state index contributed by atoms with van der Waals surface area (Å²) in [6.45, 7) is 7.29. The van der Waals surface area contributed by atoms with Gasteiger partial charge in [-0.25, -0.2) is 0 Å². The van der Waals surface area contributed by atoms with Crippen molar-refractivity contribution in [2.75, 3.05) is 31.1 Å². The Morgan fingerprint density at radius 2 is 1.71 bits per heavy atom. The van der Waals surface area contributed by atoms with Gasteiger partial charge in [-0.1, -0.05) is 35.3 Å². The largest absolute Gasteiger partial charge is 0.368 e. The first-order valence-corrected chi connectivity index (χ1v) is 8.78. The van der Waals surface area contributed by atoms with E-state index in [1.807, 2.05) is 4.90 Å². The van der Waals surface area contributed by atoms with Crippen LogP contribution in [0.1, 0.15) is 21.5 Å². The van der Waals surface area contributed by atoms with Gasteiger partial charge in [0.05, 0.1) is 10.6 Å². The van der Waals surface area contributed by atoms with Crippen molar-refractivity contribution >= 4 is 34.8 Å². The van der Waals surface area contributed by atoms with Crippen molar-refractivity contribution < 1.29 is 4.79 Å². The van der Waals surface area contributed by atoms with E-state index in [1.165, 1.54) is 16.8 Å². The van der Waals surface area contributed by atoms with Crippen molar-refractivity contribution in [3.63, 3.8) is 0 Å². The lowest BCUT2D eigenvalue weighted by molar-refractivity contribution is 0.0747. The number of amides is 1. The van der Waals surface area contributed by atoms with Crippen molar-refractivity contribution in [1.82, 2.24) is 4.90 Å². The van der Waals surface area contributed by atoms with Crippen LogP contribution in [0.25, 0.3) is 0 Å². The number of carbonyl (C=O) groups is 1. The molecule has 1 fully saturated rings. The highest BCUT2D eigenvalue weighted by molar-refractivity contribution is 6.36. The summed E-state index contributed by atoms with van der Waals surface area (Å²) in [6, 6.07) is 11.4. The highest BCUT2D eigenvalue weighted by atomic mass is 35.5. The Kier molecular flexibility index (Phi) is 5.02. The lowest BCUT2D eigenvalue weighted by atomic mass is 10.1. The number of nitrogens with zero attached hydrogens (tertiary/aromatic N) is 2. The molecule has 24 heavy (non-hydrogen) atoms. The quantitative estimate of drug-likeness (QED) is 0.780. The van der Waals surface area contributed by atoms with E-state index in [4.69, 9.17) is 23.2 Å². The minimum absolute atomic E-state index is 0.0303. The fourth-order valence-electron chi connectivity index (χ4n) is 3.06. The van der Waals surface area contributed by atoms with E-state index in [-0.39, 0.29) is 5.91 Å². The summed E-state index contributed by atoms with van der Waals surface area (Å²) in [4.78, 5) is 16.9. The molecule has 1 aliphatic heterocycles. The van der Waals surface area contributed by atoms with Crippen LogP contribution < -0.4 is 4.90 Å². The molecule has 5 heteroatoms. The van der Waals surface area contributed by atoms with Gasteiger partial charge in [0, 0.05) is 36.9 Å². The van der Waals surface area contributed by atoms with Crippen LogP contribution >= 0.6 is 23.2 Å². The Bertz CT molecular complexity index is 768. The first-order chi connectivity index (χ1) is 11.5. The molecule has 126 valence electrons. The molecule has 0 bridgehead atoms. The number of carbonyl (C=O) groups excluding carboxylic acids is 1. The van der Waals surface area contributed by atoms with Crippen LogP contribution in [0.3, 0.4) is 0 Å². The minimum Gasteiger partial charge on any atom is -0.368 e. The molecule has 1 saturated heterocycles. The molecular weight excluding hydrogens is 343 g/mol. The van der Waals surface area contributed by atoms with Crippen LogP contribution in [-0.4, -0.2) is 37.0 Å². The molecule has 0 unspecified atom stereocenters. The number of benzene rings is 2. The summed E-state index contributed by atoms with van der Waals surface area (Å²) in [5, 5.41) is 0.945. The summed E-state index contributed by atoms with van der Waals surface area (Å²) >= 11 is 12.1. The Balaban J connectivity index is 1.71. The topological polar surface area (TPSA) is 23.6 Å². The fraction of sp³-hybridized carbons (Fsp3) is 0.316. The van der Waals surface area contributed by atoms with Crippen LogP contribution in [0.15, 0.2) is 36.4 Å². The SMILES string of the molecule is Cc1cccc(N2CCN(C(=O)c3ccc(Cl)cc3Cl)CC2)c1C. The standard InChI is InChI=1S/C19H20Cl2N2O/c1-13-4-3-5-18(14(13)2)22-8-10-23(11-9-22)19(24)16-7-6-15(20)12-17(16)21/h3-7,12H,8-11H2,1-2H3. The number of anilines is 1. The fourth-order valence-corrected chi connectivity index (χ4v) is 3.55. The molecule has 0 spiro atoms. The van der Waals surface area contributed by atoms with Gasteiger partial charge in [-0.15, -0.1) is 0 Å². The van der Waals surface area contributed by atoms with E-state index < -0.39 is 0 Å². The molecule has 1 amide bonds. The van der Waals surface area contributed by atoms with E-state index in [0.29, 0.717) is 28.7 Å². The number of aryl methyl sites for hydroxylation is 1. The van der Waals surface area contributed by atoms with E-state index in [2.05, 4.69) is 36.9 Å². The number of halogens is 2. The third-order valence-electron chi connectivity index (χ3n) is 4.65. The summed E-state index contributed by atoms with van der Waals surface area (Å²) in [7, 11) is 0. The van der Waals surface area contributed by atoms with E-state index in [0.717, 1.165) is 13.1 Å². The molecule has 1 heterocycles. The summed E-state index contributed by atoms with van der Waals surface area (Å²) < 4.78 is 0. The molecule has 0 radical (unpaired) electrons. The van der Waals surface area contributed by atoms with E-state index >= 15 is 0 Å². The minimum atomic E-state index is -0.0303. The summed E-state index contributed by atoms with van der Waals surface area (Å²) in [6.07, 6.45) is 0. The maximum Gasteiger partial charge on any atom is 0.255 e. The van der Waals surface area contributed by atoms with Gasteiger partial charge in [-0.2, -0.15) is 0 Å². The second-order valence-electron chi connectivity index (χ2n) is 6.12. The van der Waals surface area contributed by atoms with Crippen molar-refractivity contribution in [2.45, 2.75) is 13.8 Å². The van der Waals surface area contributed by atoms with Gasteiger partial charge in [0.1, 0.15) is 0 Å². The molecule has 2 aromatic rings. The third kappa shape index (κ3) is 3.38. The average Bonchev–Trinajstić information content (AvgIpc) is 2.57. The number of rotatable bonds is 2. The second-order valence-corrected chi connectivity index (χ2v) is 6.97. The van der Waals surface area contributed by atoms with Gasteiger partial charge in [0.2, 0.25) is 0 Å². The number of hydrogen-bond acceptors (Lipinski definition) is 2. The molecule has 1 aliphatic rings. The maximum atomic E-state index is 12.7. The molecule has 3 nitrogen and oxygen atoms in total. The van der Waals surface area contributed by atoms with Crippen molar-refractivity contribution in [3.05, 3.63) is 63.1 Å². The molecule has 0 atom stereocenters. The molecule has 0 aromatic heterocycles. The predicted octanol–water partition coefficient (Wildman–Crippen LogP) is 4.57. The molecule has 0 aliphatic carbocycles. The average molecular weight is 363 g/mol. The van der Waals surface area contributed by atoms with E-state index in [1.54, 1.807) is 18.2 Å². The van der Waals surface area contributed by atoms with Gasteiger partial charge in [-0.3, -0.25) is 4.79 Å². The van der Waals surface area contributed by atoms with Crippen LogP contribution in [0.2, 0.25) is 10.0 Å². The Hall–Kier alpha value is -1.71. The highest BCUT2D eigenvalue weighted by Crippen LogP contribution is 2.26. The lowest BCUT2D eigenvalue weighted by Crippen LogP contribution is -2.49. The van der Waals surface area contributed by atoms with Crippen molar-refractivity contribution in [3.8, 4) is 0 Å². The van der Waals surface area contributed by atoms with Gasteiger partial charge in [0.15, 0.2) is 0 Å².